The van der Waals surface area contributed by atoms with Crippen LogP contribution in [-0.4, -0.2) is 45.4 Å². The fourth-order valence-electron chi connectivity index (χ4n) is 3.62. The lowest BCUT2D eigenvalue weighted by molar-refractivity contribution is -0.146. The number of hydrogen-bond acceptors (Lipinski definition) is 5. The summed E-state index contributed by atoms with van der Waals surface area (Å²) in [5, 5.41) is 5.73. The summed E-state index contributed by atoms with van der Waals surface area (Å²) in [4.78, 5) is 32.6. The normalized spacial score (nSPS) is 21.1. The molecule has 3 heterocycles. The number of esters is 1. The van der Waals surface area contributed by atoms with E-state index in [1.807, 2.05) is 37.3 Å². The van der Waals surface area contributed by atoms with Gasteiger partial charge >= 0.3 is 12.0 Å². The number of aromatic nitrogens is 2. The molecule has 1 aromatic carbocycles. The van der Waals surface area contributed by atoms with Crippen molar-refractivity contribution in [2.75, 3.05) is 13.7 Å². The van der Waals surface area contributed by atoms with Crippen molar-refractivity contribution in [3.05, 3.63) is 53.3 Å². The van der Waals surface area contributed by atoms with Gasteiger partial charge in [0.2, 0.25) is 0 Å². The van der Waals surface area contributed by atoms with Gasteiger partial charge in [0, 0.05) is 12.1 Å². The van der Waals surface area contributed by atoms with E-state index in [0.29, 0.717) is 18.8 Å². The minimum absolute atomic E-state index is 0.275. The molecule has 2 aliphatic rings. The van der Waals surface area contributed by atoms with Crippen molar-refractivity contribution in [2.24, 2.45) is 0 Å². The van der Waals surface area contributed by atoms with Gasteiger partial charge in [0.25, 0.3) is 0 Å². The van der Waals surface area contributed by atoms with Crippen LogP contribution in [0.15, 0.2) is 36.5 Å². The molecule has 0 aliphatic carbocycles. The molecule has 0 spiro atoms. The van der Waals surface area contributed by atoms with Crippen molar-refractivity contribution in [3.63, 3.8) is 0 Å². The van der Waals surface area contributed by atoms with E-state index in [-0.39, 0.29) is 18.7 Å². The summed E-state index contributed by atoms with van der Waals surface area (Å²) in [7, 11) is 1.32. The quantitative estimate of drug-likeness (QED) is 0.766. The SMILES string of the molecule is CCn1ncc2c1C(C(=O)OC)N1CC2N(OCc2ccccc2)C1=O. The number of carbonyl (C=O) groups excluding carboxylic acids is 2. The van der Waals surface area contributed by atoms with Crippen molar-refractivity contribution in [3.8, 4) is 0 Å². The average molecular weight is 356 g/mol. The van der Waals surface area contributed by atoms with Crippen LogP contribution in [0.5, 0.6) is 0 Å². The highest BCUT2D eigenvalue weighted by atomic mass is 16.7. The summed E-state index contributed by atoms with van der Waals surface area (Å²) in [6, 6.07) is 8.21. The number of carbonyl (C=O) groups is 2. The van der Waals surface area contributed by atoms with Gasteiger partial charge in [-0.2, -0.15) is 10.2 Å². The largest absolute Gasteiger partial charge is 0.467 e. The molecule has 2 aliphatic heterocycles. The van der Waals surface area contributed by atoms with Gasteiger partial charge in [-0.15, -0.1) is 0 Å². The number of rotatable bonds is 5. The summed E-state index contributed by atoms with van der Waals surface area (Å²) >= 11 is 0. The molecule has 0 saturated carbocycles. The highest BCUT2D eigenvalue weighted by molar-refractivity contribution is 5.87. The average Bonchev–Trinajstić information content (AvgIpc) is 3.22. The molecule has 1 aromatic heterocycles. The van der Waals surface area contributed by atoms with Crippen LogP contribution in [0.4, 0.5) is 4.79 Å². The van der Waals surface area contributed by atoms with Crippen LogP contribution in [0.3, 0.4) is 0 Å². The molecule has 0 N–H and O–H groups in total. The first kappa shape index (κ1) is 16.6. The molecule has 2 atom stereocenters. The minimum Gasteiger partial charge on any atom is -0.467 e. The Morgan fingerprint density at radius 1 is 1.31 bits per heavy atom. The Bertz CT molecular complexity index is 835. The maximum absolute atomic E-state index is 12.9. The molecule has 8 heteroatoms. The lowest BCUT2D eigenvalue weighted by Gasteiger charge is -2.29. The maximum atomic E-state index is 12.9. The molecular formula is C18H20N4O4. The van der Waals surface area contributed by atoms with Crippen molar-refractivity contribution >= 4 is 12.0 Å². The van der Waals surface area contributed by atoms with Crippen LogP contribution in [0.1, 0.15) is 35.8 Å². The van der Waals surface area contributed by atoms with Crippen LogP contribution in [0.2, 0.25) is 0 Å². The van der Waals surface area contributed by atoms with Gasteiger partial charge in [-0.1, -0.05) is 30.3 Å². The van der Waals surface area contributed by atoms with Gasteiger partial charge in [-0.25, -0.2) is 9.59 Å². The molecule has 2 unspecified atom stereocenters. The Labute approximate surface area is 150 Å². The number of fused-ring (bicyclic) bond motifs is 4. The van der Waals surface area contributed by atoms with Gasteiger partial charge in [0.1, 0.15) is 12.6 Å². The first-order valence-electron chi connectivity index (χ1n) is 8.55. The van der Waals surface area contributed by atoms with E-state index < -0.39 is 12.0 Å². The lowest BCUT2D eigenvalue weighted by Crippen LogP contribution is -2.40. The van der Waals surface area contributed by atoms with Crippen LogP contribution in [0, 0.1) is 0 Å². The van der Waals surface area contributed by atoms with Gasteiger partial charge < -0.3 is 9.64 Å². The molecule has 2 bridgehead atoms. The fourth-order valence-corrected chi connectivity index (χ4v) is 3.62. The number of urea groups is 1. The molecule has 8 nitrogen and oxygen atoms in total. The maximum Gasteiger partial charge on any atom is 0.345 e. The summed E-state index contributed by atoms with van der Waals surface area (Å²) in [5.41, 5.74) is 2.50. The van der Waals surface area contributed by atoms with Crippen LogP contribution < -0.4 is 0 Å². The molecular weight excluding hydrogens is 336 g/mol. The monoisotopic (exact) mass is 356 g/mol. The van der Waals surface area contributed by atoms with E-state index >= 15 is 0 Å². The Balaban J connectivity index is 1.67. The van der Waals surface area contributed by atoms with Crippen molar-refractivity contribution in [2.45, 2.75) is 32.2 Å². The Hall–Kier alpha value is -2.87. The first-order chi connectivity index (χ1) is 12.7. The van der Waals surface area contributed by atoms with Crippen LogP contribution in [0.25, 0.3) is 0 Å². The molecule has 2 amide bonds. The second-order valence-corrected chi connectivity index (χ2v) is 6.26. The molecule has 2 aromatic rings. The molecule has 1 saturated heterocycles. The molecule has 1 fully saturated rings. The molecule has 0 radical (unpaired) electrons. The van der Waals surface area contributed by atoms with Crippen molar-refractivity contribution in [1.82, 2.24) is 19.7 Å². The number of nitrogens with zero attached hydrogens (tertiary/aromatic N) is 4. The summed E-state index contributed by atoms with van der Waals surface area (Å²) in [5.74, 6) is -0.474. The summed E-state index contributed by atoms with van der Waals surface area (Å²) in [6.07, 6.45) is 1.72. The second-order valence-electron chi connectivity index (χ2n) is 6.26. The fraction of sp³-hybridized carbons (Fsp3) is 0.389. The molecule has 4 rings (SSSR count). The van der Waals surface area contributed by atoms with E-state index in [1.165, 1.54) is 17.1 Å². The van der Waals surface area contributed by atoms with Gasteiger partial charge in [0.15, 0.2) is 6.04 Å². The Morgan fingerprint density at radius 3 is 2.77 bits per heavy atom. The first-order valence-corrected chi connectivity index (χ1v) is 8.55. The number of amides is 2. The molecule has 26 heavy (non-hydrogen) atoms. The van der Waals surface area contributed by atoms with E-state index in [4.69, 9.17) is 9.57 Å². The Kier molecular flexibility index (Phi) is 4.12. The predicted octanol–water partition coefficient (Wildman–Crippen LogP) is 2.04. The molecule has 136 valence electrons. The van der Waals surface area contributed by atoms with Crippen LogP contribution >= 0.6 is 0 Å². The zero-order valence-corrected chi connectivity index (χ0v) is 14.7. The van der Waals surface area contributed by atoms with Gasteiger partial charge in [-0.3, -0.25) is 9.52 Å². The topological polar surface area (TPSA) is 76.9 Å². The van der Waals surface area contributed by atoms with E-state index in [9.17, 15) is 9.59 Å². The van der Waals surface area contributed by atoms with Crippen molar-refractivity contribution in [1.29, 1.82) is 0 Å². The smallest absolute Gasteiger partial charge is 0.345 e. The predicted molar refractivity (Wildman–Crippen MR) is 90.6 cm³/mol. The van der Waals surface area contributed by atoms with E-state index in [2.05, 4.69) is 5.10 Å². The highest BCUT2D eigenvalue weighted by Gasteiger charge is 2.53. The standard InChI is InChI=1S/C18H20N4O4/c1-3-21-15-13(9-19-21)14-10-20(16(15)17(23)25-2)18(24)22(14)26-11-12-7-5-4-6-8-12/h4-9,14,16H,3,10-11H2,1-2H3. The van der Waals surface area contributed by atoms with E-state index in [1.54, 1.807) is 10.9 Å². The number of aryl methyl sites for hydroxylation is 1. The van der Waals surface area contributed by atoms with Crippen molar-refractivity contribution < 1.29 is 19.2 Å². The number of ether oxygens (including phenoxy) is 1. The minimum atomic E-state index is -0.800. The Morgan fingerprint density at radius 2 is 2.08 bits per heavy atom. The highest BCUT2D eigenvalue weighted by Crippen LogP contribution is 2.44. The summed E-state index contributed by atoms with van der Waals surface area (Å²) < 4.78 is 6.69. The third kappa shape index (κ3) is 2.45. The number of hydrogen-bond donors (Lipinski definition) is 0. The van der Waals surface area contributed by atoms with E-state index in [0.717, 1.165) is 11.1 Å². The number of methoxy groups -OCH3 is 1. The third-order valence-corrected chi connectivity index (χ3v) is 4.86. The van der Waals surface area contributed by atoms with Gasteiger partial charge in [0.05, 0.1) is 25.5 Å². The third-order valence-electron chi connectivity index (χ3n) is 4.86. The second kappa shape index (κ2) is 6.45. The zero-order chi connectivity index (χ0) is 18.3. The van der Waals surface area contributed by atoms with Gasteiger partial charge in [-0.05, 0) is 12.5 Å². The summed E-state index contributed by atoms with van der Waals surface area (Å²) in [6.45, 7) is 3.19. The number of hydroxylamine groups is 2. The van der Waals surface area contributed by atoms with Crippen LogP contribution in [-0.2, 0) is 27.5 Å². The zero-order valence-electron chi connectivity index (χ0n) is 14.7. The number of benzene rings is 1. The lowest BCUT2D eigenvalue weighted by atomic mass is 9.98.